The van der Waals surface area contributed by atoms with Gasteiger partial charge in [-0.25, -0.2) is 0 Å². The molecule has 2 aromatic rings. The molecular formula is C15H19Cl2N7O2S2. The Morgan fingerprint density at radius 1 is 1.29 bits per heavy atom. The molecule has 0 bridgehead atoms. The first-order chi connectivity index (χ1) is 13.5. The standard InChI is InChI=1S/C15H19Cl2N7O2S2/c16-13-2-1-3-18-14(13)11-28-7-5-20-15(9-23(25)26)19-4-6-27-10-12-8-21-24(17)22-12/h1-3,8-9,19-20H,4-7,10-11H2. The highest BCUT2D eigenvalue weighted by Crippen LogP contribution is 2.18. The van der Waals surface area contributed by atoms with Crippen LogP contribution in [0.5, 0.6) is 0 Å². The molecule has 28 heavy (non-hydrogen) atoms. The molecule has 0 aliphatic heterocycles. The lowest BCUT2D eigenvalue weighted by Crippen LogP contribution is -2.30. The zero-order valence-electron chi connectivity index (χ0n) is 14.8. The first kappa shape index (κ1) is 22.6. The Labute approximate surface area is 180 Å². The summed E-state index contributed by atoms with van der Waals surface area (Å²) >= 11 is 14.9. The van der Waals surface area contributed by atoms with Crippen molar-refractivity contribution in [3.8, 4) is 0 Å². The number of nitro groups is 1. The molecule has 2 rings (SSSR count). The van der Waals surface area contributed by atoms with E-state index in [4.69, 9.17) is 23.4 Å². The molecule has 0 saturated heterocycles. The van der Waals surface area contributed by atoms with Crippen molar-refractivity contribution >= 4 is 46.9 Å². The monoisotopic (exact) mass is 463 g/mol. The molecule has 0 aliphatic carbocycles. The molecule has 0 radical (unpaired) electrons. The van der Waals surface area contributed by atoms with Crippen LogP contribution in [-0.2, 0) is 11.5 Å². The van der Waals surface area contributed by atoms with E-state index in [1.807, 2.05) is 0 Å². The molecule has 0 unspecified atom stereocenters. The molecule has 0 aromatic carbocycles. The molecule has 9 nitrogen and oxygen atoms in total. The molecule has 2 heterocycles. The third kappa shape index (κ3) is 9.00. The second-order valence-electron chi connectivity index (χ2n) is 5.30. The first-order valence-corrected chi connectivity index (χ1v) is 11.2. The van der Waals surface area contributed by atoms with Gasteiger partial charge in [-0.1, -0.05) is 15.9 Å². The molecule has 13 heteroatoms. The van der Waals surface area contributed by atoms with Gasteiger partial charge in [0.2, 0.25) is 0 Å². The first-order valence-electron chi connectivity index (χ1n) is 8.20. The van der Waals surface area contributed by atoms with Gasteiger partial charge >= 0.3 is 0 Å². The third-order valence-corrected chi connectivity index (χ3v) is 5.66. The van der Waals surface area contributed by atoms with Gasteiger partial charge < -0.3 is 10.6 Å². The summed E-state index contributed by atoms with van der Waals surface area (Å²) < 4.78 is 0.996. The average Bonchev–Trinajstić information content (AvgIpc) is 3.07. The molecule has 152 valence electrons. The molecule has 0 amide bonds. The van der Waals surface area contributed by atoms with E-state index in [1.54, 1.807) is 48.1 Å². The highest BCUT2D eigenvalue weighted by atomic mass is 35.5. The molecular weight excluding hydrogens is 445 g/mol. The van der Waals surface area contributed by atoms with Crippen LogP contribution < -0.4 is 10.6 Å². The fourth-order valence-electron chi connectivity index (χ4n) is 1.98. The van der Waals surface area contributed by atoms with E-state index in [9.17, 15) is 10.1 Å². The Bertz CT molecular complexity index is 791. The Morgan fingerprint density at radius 2 is 2.00 bits per heavy atom. The fourth-order valence-corrected chi connectivity index (χ4v) is 3.94. The van der Waals surface area contributed by atoms with Gasteiger partial charge in [0, 0.05) is 42.3 Å². The highest BCUT2D eigenvalue weighted by Gasteiger charge is 2.04. The van der Waals surface area contributed by atoms with Crippen LogP contribution in [0.3, 0.4) is 0 Å². The van der Waals surface area contributed by atoms with Crippen molar-refractivity contribution in [1.82, 2.24) is 30.1 Å². The van der Waals surface area contributed by atoms with Crippen LogP contribution in [0.2, 0.25) is 5.02 Å². The largest absolute Gasteiger partial charge is 0.366 e. The highest BCUT2D eigenvalue weighted by molar-refractivity contribution is 7.98. The molecule has 2 N–H and O–H groups in total. The summed E-state index contributed by atoms with van der Waals surface area (Å²) in [6.07, 6.45) is 4.24. The zero-order valence-corrected chi connectivity index (χ0v) is 17.9. The smallest absolute Gasteiger partial charge is 0.274 e. The summed E-state index contributed by atoms with van der Waals surface area (Å²) in [7, 11) is 0. The maximum atomic E-state index is 10.8. The van der Waals surface area contributed by atoms with Crippen LogP contribution >= 0.6 is 46.9 Å². The number of halogens is 2. The van der Waals surface area contributed by atoms with Gasteiger partial charge in [-0.2, -0.15) is 23.5 Å². The second kappa shape index (κ2) is 12.7. The number of hydrogen-bond acceptors (Lipinski definition) is 9. The minimum absolute atomic E-state index is 0.383. The van der Waals surface area contributed by atoms with E-state index in [1.165, 1.54) is 0 Å². The van der Waals surface area contributed by atoms with E-state index in [0.717, 1.165) is 33.4 Å². The van der Waals surface area contributed by atoms with Gasteiger partial charge in [-0.15, -0.1) is 10.2 Å². The van der Waals surface area contributed by atoms with Crippen LogP contribution in [0.4, 0.5) is 0 Å². The Balaban J connectivity index is 1.62. The number of thioether (sulfide) groups is 2. The molecule has 0 saturated carbocycles. The van der Waals surface area contributed by atoms with Gasteiger partial charge in [0.1, 0.15) is 0 Å². The predicted octanol–water partition coefficient (Wildman–Crippen LogP) is 2.75. The average molecular weight is 464 g/mol. The lowest BCUT2D eigenvalue weighted by molar-refractivity contribution is -0.404. The lowest BCUT2D eigenvalue weighted by atomic mass is 10.4. The summed E-state index contributed by atoms with van der Waals surface area (Å²) in [6, 6.07) is 3.60. The predicted molar refractivity (Wildman–Crippen MR) is 114 cm³/mol. The lowest BCUT2D eigenvalue weighted by Gasteiger charge is -2.11. The second-order valence-corrected chi connectivity index (χ2v) is 8.22. The maximum Gasteiger partial charge on any atom is 0.274 e. The van der Waals surface area contributed by atoms with Gasteiger partial charge in [0.25, 0.3) is 6.20 Å². The minimum atomic E-state index is -0.484. The minimum Gasteiger partial charge on any atom is -0.366 e. The van der Waals surface area contributed by atoms with Gasteiger partial charge in [-0.3, -0.25) is 15.1 Å². The van der Waals surface area contributed by atoms with E-state index < -0.39 is 4.92 Å². The van der Waals surface area contributed by atoms with Gasteiger partial charge in [-0.05, 0) is 12.1 Å². The van der Waals surface area contributed by atoms with Crippen LogP contribution in [0.1, 0.15) is 11.4 Å². The number of aromatic nitrogens is 4. The van der Waals surface area contributed by atoms with Crippen molar-refractivity contribution in [2.24, 2.45) is 0 Å². The Kier molecular flexibility index (Phi) is 10.3. The van der Waals surface area contributed by atoms with Crippen molar-refractivity contribution in [1.29, 1.82) is 0 Å². The summed E-state index contributed by atoms with van der Waals surface area (Å²) in [5.41, 5.74) is 1.61. The Hall–Kier alpha value is -1.69. The van der Waals surface area contributed by atoms with E-state index in [-0.39, 0.29) is 0 Å². The van der Waals surface area contributed by atoms with Crippen LogP contribution in [-0.4, -0.2) is 49.0 Å². The van der Waals surface area contributed by atoms with Crippen molar-refractivity contribution < 1.29 is 4.92 Å². The number of nitrogens with one attached hydrogen (secondary N) is 2. The van der Waals surface area contributed by atoms with Crippen molar-refractivity contribution in [2.75, 3.05) is 24.6 Å². The molecule has 0 spiro atoms. The van der Waals surface area contributed by atoms with Crippen LogP contribution in [0.25, 0.3) is 0 Å². The van der Waals surface area contributed by atoms with Crippen LogP contribution in [0, 0.1) is 10.1 Å². The summed E-state index contributed by atoms with van der Waals surface area (Å²) in [5, 5.41) is 25.3. The van der Waals surface area contributed by atoms with Gasteiger partial charge in [0.05, 0.1) is 39.3 Å². The number of nitrogens with zero attached hydrogens (tertiary/aromatic N) is 5. The fraction of sp³-hybridized carbons (Fsp3) is 0.400. The summed E-state index contributed by atoms with van der Waals surface area (Å²) in [6.45, 7) is 1.15. The molecule has 0 aliphatic rings. The Morgan fingerprint density at radius 3 is 2.61 bits per heavy atom. The quantitative estimate of drug-likeness (QED) is 0.263. The van der Waals surface area contributed by atoms with Crippen LogP contribution in [0.15, 0.2) is 36.5 Å². The number of pyridine rings is 1. The summed E-state index contributed by atoms with van der Waals surface area (Å²) in [4.78, 5) is 14.5. The number of hydrogen-bond donors (Lipinski definition) is 2. The number of rotatable bonds is 13. The molecule has 0 atom stereocenters. The summed E-state index contributed by atoms with van der Waals surface area (Å²) in [5.74, 6) is 3.24. The van der Waals surface area contributed by atoms with Crippen molar-refractivity contribution in [3.05, 3.63) is 63.1 Å². The van der Waals surface area contributed by atoms with Crippen molar-refractivity contribution in [2.45, 2.75) is 11.5 Å². The van der Waals surface area contributed by atoms with Crippen molar-refractivity contribution in [3.63, 3.8) is 0 Å². The van der Waals surface area contributed by atoms with E-state index in [2.05, 4.69) is 25.8 Å². The van der Waals surface area contributed by atoms with Gasteiger partial charge in [0.15, 0.2) is 5.82 Å². The normalized spacial score (nSPS) is 11.4. The maximum absolute atomic E-state index is 10.8. The SMILES string of the molecule is O=[N+]([O-])C=C(NCCSCc1cnn(Cl)n1)NCCSCc1ncccc1Cl. The molecule has 2 aromatic heterocycles. The third-order valence-electron chi connectivity index (χ3n) is 3.19. The topological polar surface area (TPSA) is 111 Å². The zero-order chi connectivity index (χ0) is 20.2. The van der Waals surface area contributed by atoms with E-state index in [0.29, 0.717) is 35.4 Å². The van der Waals surface area contributed by atoms with E-state index >= 15 is 0 Å². The molecule has 0 fully saturated rings.